The highest BCUT2D eigenvalue weighted by atomic mass is 35.5. The van der Waals surface area contributed by atoms with Crippen LogP contribution in [0.3, 0.4) is 0 Å². The maximum atomic E-state index is 12.7. The average molecular weight is 386 g/mol. The van der Waals surface area contributed by atoms with Gasteiger partial charge in [0.25, 0.3) is 11.6 Å². The number of fused-ring (bicyclic) bond motifs is 2. The van der Waals surface area contributed by atoms with Crippen LogP contribution in [0.2, 0.25) is 0 Å². The Hall–Kier alpha value is -2.06. The number of carbonyl (C=O) groups is 1. The van der Waals surface area contributed by atoms with Gasteiger partial charge in [0.2, 0.25) is 0 Å². The van der Waals surface area contributed by atoms with Crippen LogP contribution in [-0.4, -0.2) is 42.7 Å². The number of nitrogens with one attached hydrogen (secondary N) is 2. The molecule has 2 N–H and O–H groups in total. The van der Waals surface area contributed by atoms with E-state index in [1.54, 1.807) is 6.92 Å². The van der Waals surface area contributed by atoms with Crippen molar-refractivity contribution in [1.29, 1.82) is 0 Å². The molecule has 2 saturated heterocycles. The Kier molecular flexibility index (Phi) is 6.66. The zero-order valence-electron chi connectivity index (χ0n) is 14.8. The minimum absolute atomic E-state index is 0. The fraction of sp³-hybridized carbons (Fsp3) is 0.588. The normalized spacial score (nSPS) is 23.7. The number of hydrogen-bond acceptors (Lipinski definition) is 6. The molecule has 2 atom stereocenters. The Morgan fingerprint density at radius 1 is 1.31 bits per heavy atom. The van der Waals surface area contributed by atoms with Gasteiger partial charge in [-0.25, -0.2) is 0 Å². The molecular formula is C17H24ClN3O5. The molecule has 2 heterocycles. The summed E-state index contributed by atoms with van der Waals surface area (Å²) in [6.07, 6.45) is 3.94. The maximum absolute atomic E-state index is 12.7. The lowest BCUT2D eigenvalue weighted by molar-refractivity contribution is -0.385. The summed E-state index contributed by atoms with van der Waals surface area (Å²) in [6, 6.07) is 3.52. The van der Waals surface area contributed by atoms with Gasteiger partial charge in [0.15, 0.2) is 11.5 Å². The van der Waals surface area contributed by atoms with Crippen molar-refractivity contribution in [3.8, 4) is 11.5 Å². The van der Waals surface area contributed by atoms with E-state index in [4.69, 9.17) is 9.47 Å². The van der Waals surface area contributed by atoms with Crippen molar-refractivity contribution in [2.24, 2.45) is 0 Å². The maximum Gasteiger partial charge on any atom is 0.286 e. The molecular weight excluding hydrogens is 362 g/mol. The van der Waals surface area contributed by atoms with Gasteiger partial charge in [0, 0.05) is 24.2 Å². The van der Waals surface area contributed by atoms with Crippen LogP contribution < -0.4 is 20.1 Å². The predicted molar refractivity (Wildman–Crippen MR) is 98.5 cm³/mol. The minimum Gasteiger partial charge on any atom is -0.493 e. The van der Waals surface area contributed by atoms with Gasteiger partial charge in [-0.1, -0.05) is 0 Å². The summed E-state index contributed by atoms with van der Waals surface area (Å²) in [6.45, 7) is 2.16. The Morgan fingerprint density at radius 3 is 2.50 bits per heavy atom. The number of rotatable bonds is 6. The molecule has 1 aromatic rings. The molecule has 0 aliphatic carbocycles. The number of nitrogens with zero attached hydrogens (tertiary/aromatic N) is 1. The third kappa shape index (κ3) is 4.19. The Morgan fingerprint density at radius 2 is 1.96 bits per heavy atom. The topological polar surface area (TPSA) is 103 Å². The third-order valence-electron chi connectivity index (χ3n) is 4.83. The van der Waals surface area contributed by atoms with Gasteiger partial charge < -0.3 is 20.1 Å². The van der Waals surface area contributed by atoms with Gasteiger partial charge in [-0.05, 0) is 32.6 Å². The Labute approximate surface area is 158 Å². The van der Waals surface area contributed by atoms with E-state index in [0.29, 0.717) is 24.4 Å². The van der Waals surface area contributed by atoms with E-state index in [9.17, 15) is 14.9 Å². The van der Waals surface area contributed by atoms with Crippen molar-refractivity contribution in [3.63, 3.8) is 0 Å². The van der Waals surface area contributed by atoms with Gasteiger partial charge in [0.1, 0.15) is 5.56 Å². The summed E-state index contributed by atoms with van der Waals surface area (Å²) in [5.74, 6) is 0.123. The highest BCUT2D eigenvalue weighted by molar-refractivity contribution is 5.99. The molecule has 8 nitrogen and oxygen atoms in total. The van der Waals surface area contributed by atoms with Crippen molar-refractivity contribution in [2.75, 3.05) is 13.7 Å². The molecule has 1 amide bonds. The minimum atomic E-state index is -0.570. The molecule has 2 aliphatic rings. The van der Waals surface area contributed by atoms with Crippen LogP contribution in [0.1, 0.15) is 43.0 Å². The molecule has 144 valence electrons. The first-order valence-electron chi connectivity index (χ1n) is 8.58. The smallest absolute Gasteiger partial charge is 0.286 e. The van der Waals surface area contributed by atoms with Crippen LogP contribution in [0, 0.1) is 10.1 Å². The molecule has 3 rings (SSSR count). The van der Waals surface area contributed by atoms with E-state index in [1.807, 2.05) is 0 Å². The van der Waals surface area contributed by atoms with Crippen molar-refractivity contribution in [3.05, 3.63) is 27.8 Å². The zero-order valence-corrected chi connectivity index (χ0v) is 15.6. The molecule has 0 saturated carbocycles. The van der Waals surface area contributed by atoms with Crippen LogP contribution in [0.15, 0.2) is 12.1 Å². The van der Waals surface area contributed by atoms with Crippen molar-refractivity contribution >= 4 is 24.0 Å². The van der Waals surface area contributed by atoms with Gasteiger partial charge in [0.05, 0.1) is 24.7 Å². The van der Waals surface area contributed by atoms with Crippen LogP contribution in [0.5, 0.6) is 11.5 Å². The summed E-state index contributed by atoms with van der Waals surface area (Å²) in [5, 5.41) is 17.9. The van der Waals surface area contributed by atoms with E-state index >= 15 is 0 Å². The highest BCUT2D eigenvalue weighted by Gasteiger charge is 2.35. The lowest BCUT2D eigenvalue weighted by atomic mass is 9.99. The Bertz CT molecular complexity index is 673. The van der Waals surface area contributed by atoms with Crippen molar-refractivity contribution in [1.82, 2.24) is 10.6 Å². The Balaban J connectivity index is 0.00000243. The average Bonchev–Trinajstić information content (AvgIpc) is 2.93. The molecule has 26 heavy (non-hydrogen) atoms. The number of hydrogen-bond donors (Lipinski definition) is 2. The molecule has 0 aromatic heterocycles. The molecule has 1 aromatic carbocycles. The monoisotopic (exact) mass is 385 g/mol. The van der Waals surface area contributed by atoms with Crippen LogP contribution in [0.4, 0.5) is 5.69 Å². The lowest BCUT2D eigenvalue weighted by Crippen LogP contribution is -2.48. The molecule has 2 fully saturated rings. The number of carbonyl (C=O) groups excluding carboxylic acids is 1. The summed E-state index contributed by atoms with van der Waals surface area (Å²) in [7, 11) is 1.41. The largest absolute Gasteiger partial charge is 0.493 e. The standard InChI is InChI=1S/C17H23N3O5.ClH/c1-3-25-16-8-13(14(20(22)23)9-15(16)24-2)17(21)19-12-6-10-4-5-11(7-12)18-10;/h8-12,18H,3-7H2,1-2H3,(H,19,21);1H. The second-order valence-corrected chi connectivity index (χ2v) is 6.49. The number of nitro groups is 1. The first-order valence-corrected chi connectivity index (χ1v) is 8.58. The number of amides is 1. The molecule has 2 aliphatic heterocycles. The lowest BCUT2D eigenvalue weighted by Gasteiger charge is -2.29. The van der Waals surface area contributed by atoms with Crippen LogP contribution >= 0.6 is 12.4 Å². The number of piperidine rings is 1. The first-order chi connectivity index (χ1) is 12.0. The van der Waals surface area contributed by atoms with Gasteiger partial charge in [-0.15, -0.1) is 12.4 Å². The van der Waals surface area contributed by atoms with E-state index in [0.717, 1.165) is 25.7 Å². The highest BCUT2D eigenvalue weighted by Crippen LogP contribution is 2.35. The summed E-state index contributed by atoms with van der Waals surface area (Å²) in [5.41, 5.74) is -0.283. The summed E-state index contributed by atoms with van der Waals surface area (Å²) >= 11 is 0. The summed E-state index contributed by atoms with van der Waals surface area (Å²) in [4.78, 5) is 23.5. The zero-order chi connectivity index (χ0) is 18.0. The fourth-order valence-corrected chi connectivity index (χ4v) is 3.75. The molecule has 9 heteroatoms. The number of benzene rings is 1. The second-order valence-electron chi connectivity index (χ2n) is 6.49. The van der Waals surface area contributed by atoms with E-state index in [1.165, 1.54) is 19.2 Å². The van der Waals surface area contributed by atoms with E-state index < -0.39 is 10.8 Å². The fourth-order valence-electron chi connectivity index (χ4n) is 3.75. The number of ether oxygens (including phenoxy) is 2. The number of methoxy groups -OCH3 is 1. The van der Waals surface area contributed by atoms with Crippen molar-refractivity contribution < 1.29 is 19.2 Å². The van der Waals surface area contributed by atoms with Crippen LogP contribution in [-0.2, 0) is 0 Å². The predicted octanol–water partition coefficient (Wildman–Crippen LogP) is 2.44. The second kappa shape index (κ2) is 8.55. The van der Waals surface area contributed by atoms with Gasteiger partial charge >= 0.3 is 0 Å². The molecule has 2 unspecified atom stereocenters. The number of halogens is 1. The third-order valence-corrected chi connectivity index (χ3v) is 4.83. The first kappa shape index (κ1) is 20.3. The molecule has 0 spiro atoms. The van der Waals surface area contributed by atoms with Gasteiger partial charge in [-0.2, -0.15) is 0 Å². The van der Waals surface area contributed by atoms with E-state index in [2.05, 4.69) is 10.6 Å². The van der Waals surface area contributed by atoms with E-state index in [-0.39, 0.29) is 35.4 Å². The number of nitro benzene ring substituents is 1. The summed E-state index contributed by atoms with van der Waals surface area (Å²) < 4.78 is 10.6. The molecule has 2 bridgehead atoms. The van der Waals surface area contributed by atoms with Crippen molar-refractivity contribution in [2.45, 2.75) is 50.7 Å². The van der Waals surface area contributed by atoms with Crippen LogP contribution in [0.25, 0.3) is 0 Å². The quantitative estimate of drug-likeness (QED) is 0.576. The van der Waals surface area contributed by atoms with Gasteiger partial charge in [-0.3, -0.25) is 14.9 Å². The SMILES string of the molecule is CCOc1cc(C(=O)NC2CC3CCC(C2)N3)c([N+](=O)[O-])cc1OC.Cl. The molecule has 0 radical (unpaired) electrons.